The molecular weight excluding hydrogens is 316 g/mol. The van der Waals surface area contributed by atoms with Crippen LogP contribution in [0, 0.1) is 0 Å². The van der Waals surface area contributed by atoms with E-state index < -0.39 is 6.09 Å². The normalized spacial score (nSPS) is 11.9. The van der Waals surface area contributed by atoms with Crippen molar-refractivity contribution in [3.8, 4) is 0 Å². The van der Waals surface area contributed by atoms with Crippen molar-refractivity contribution in [2.45, 2.75) is 13.0 Å². The lowest BCUT2D eigenvalue weighted by atomic mass is 10.1. The third-order valence-electron chi connectivity index (χ3n) is 2.30. The summed E-state index contributed by atoms with van der Waals surface area (Å²) in [7, 11) is 0. The Morgan fingerprint density at radius 3 is 2.78 bits per heavy atom. The first-order chi connectivity index (χ1) is 8.66. The number of hydrogen-bond acceptors (Lipinski definition) is 4. The van der Waals surface area contributed by atoms with Gasteiger partial charge in [0.2, 0.25) is 0 Å². The predicted molar refractivity (Wildman–Crippen MR) is 74.8 cm³/mol. The molecule has 0 unspecified atom stereocenters. The van der Waals surface area contributed by atoms with Crippen LogP contribution in [0.1, 0.15) is 18.6 Å². The maximum absolute atomic E-state index is 11.7. The third kappa shape index (κ3) is 3.30. The van der Waals surface area contributed by atoms with Crippen LogP contribution >= 0.6 is 27.3 Å². The van der Waals surface area contributed by atoms with Crippen molar-refractivity contribution in [1.29, 1.82) is 0 Å². The van der Waals surface area contributed by atoms with E-state index in [2.05, 4.69) is 26.2 Å². The molecule has 2 aromatic rings. The zero-order chi connectivity index (χ0) is 13.0. The molecule has 6 heteroatoms. The molecular formula is C12H11BrN2O2S. The number of anilines is 1. The van der Waals surface area contributed by atoms with Gasteiger partial charge >= 0.3 is 6.09 Å². The van der Waals surface area contributed by atoms with Crippen LogP contribution in [0.4, 0.5) is 10.6 Å². The molecule has 0 aliphatic heterocycles. The quantitative estimate of drug-likeness (QED) is 0.918. The van der Waals surface area contributed by atoms with E-state index in [-0.39, 0.29) is 6.10 Å². The highest BCUT2D eigenvalue weighted by molar-refractivity contribution is 9.11. The summed E-state index contributed by atoms with van der Waals surface area (Å²) in [4.78, 5) is 15.7. The molecule has 0 fully saturated rings. The average molecular weight is 327 g/mol. The van der Waals surface area contributed by atoms with E-state index in [4.69, 9.17) is 4.74 Å². The molecule has 0 aliphatic rings. The smallest absolute Gasteiger partial charge is 0.413 e. The molecule has 0 bridgehead atoms. The number of aromatic nitrogens is 1. The van der Waals surface area contributed by atoms with Crippen LogP contribution in [0.15, 0.2) is 39.6 Å². The van der Waals surface area contributed by atoms with E-state index >= 15 is 0 Å². The predicted octanol–water partition coefficient (Wildman–Crippen LogP) is 4.22. The average Bonchev–Trinajstić information content (AvgIpc) is 2.76. The molecule has 0 saturated heterocycles. The highest BCUT2D eigenvalue weighted by Crippen LogP contribution is 2.25. The molecule has 4 nitrogen and oxygen atoms in total. The molecule has 0 aliphatic carbocycles. The van der Waals surface area contributed by atoms with Gasteiger partial charge in [0.15, 0.2) is 5.82 Å². The Hall–Kier alpha value is -1.40. The van der Waals surface area contributed by atoms with Crippen molar-refractivity contribution >= 4 is 39.2 Å². The first kappa shape index (κ1) is 13.0. The molecule has 1 amide bonds. The minimum atomic E-state index is -0.516. The molecule has 0 spiro atoms. The van der Waals surface area contributed by atoms with E-state index in [9.17, 15) is 4.79 Å². The minimum Gasteiger partial charge on any atom is -0.441 e. The monoisotopic (exact) mass is 326 g/mol. The van der Waals surface area contributed by atoms with Gasteiger partial charge in [-0.1, -0.05) is 30.3 Å². The van der Waals surface area contributed by atoms with E-state index in [1.54, 1.807) is 5.51 Å². The molecule has 2 rings (SSSR count). The number of thiazole rings is 1. The van der Waals surface area contributed by atoms with E-state index in [1.807, 2.05) is 37.3 Å². The fourth-order valence-electron chi connectivity index (χ4n) is 1.39. The number of benzene rings is 1. The lowest BCUT2D eigenvalue weighted by Gasteiger charge is -2.13. The molecule has 1 N–H and O–H groups in total. The molecule has 0 saturated carbocycles. The second kappa shape index (κ2) is 5.97. The minimum absolute atomic E-state index is 0.302. The maximum atomic E-state index is 11.7. The van der Waals surface area contributed by atoms with Gasteiger partial charge in [0.1, 0.15) is 9.89 Å². The number of nitrogens with zero attached hydrogens (tertiary/aromatic N) is 1. The molecule has 94 valence electrons. The maximum Gasteiger partial charge on any atom is 0.413 e. The first-order valence-corrected chi connectivity index (χ1v) is 6.95. The Bertz CT molecular complexity index is 530. The zero-order valence-corrected chi connectivity index (χ0v) is 12.0. The topological polar surface area (TPSA) is 51.2 Å². The van der Waals surface area contributed by atoms with Crippen molar-refractivity contribution < 1.29 is 9.53 Å². The number of halogens is 1. The summed E-state index contributed by atoms with van der Waals surface area (Å²) in [5.41, 5.74) is 2.59. The van der Waals surface area contributed by atoms with Crippen LogP contribution in [0.2, 0.25) is 0 Å². The Labute approximate surface area is 117 Å². The van der Waals surface area contributed by atoms with Crippen LogP contribution in [0.25, 0.3) is 0 Å². The second-order valence-electron chi connectivity index (χ2n) is 3.56. The molecule has 0 radical (unpaired) electrons. The number of amides is 1. The van der Waals surface area contributed by atoms with Crippen LogP contribution in [-0.4, -0.2) is 11.1 Å². The van der Waals surface area contributed by atoms with E-state index in [0.29, 0.717) is 5.82 Å². The van der Waals surface area contributed by atoms with Crippen molar-refractivity contribution in [3.63, 3.8) is 0 Å². The van der Waals surface area contributed by atoms with Gasteiger partial charge in [0, 0.05) is 0 Å². The summed E-state index contributed by atoms with van der Waals surface area (Å²) < 4.78 is 6.03. The van der Waals surface area contributed by atoms with Gasteiger partial charge in [0.05, 0.1) is 5.51 Å². The van der Waals surface area contributed by atoms with Gasteiger partial charge in [-0.15, -0.1) is 11.3 Å². The Morgan fingerprint density at radius 2 is 2.17 bits per heavy atom. The van der Waals surface area contributed by atoms with Gasteiger partial charge < -0.3 is 4.74 Å². The lowest BCUT2D eigenvalue weighted by Crippen LogP contribution is -2.16. The van der Waals surface area contributed by atoms with E-state index in [0.717, 1.165) is 9.35 Å². The van der Waals surface area contributed by atoms with Crippen LogP contribution in [0.5, 0.6) is 0 Å². The molecule has 18 heavy (non-hydrogen) atoms. The highest BCUT2D eigenvalue weighted by atomic mass is 79.9. The van der Waals surface area contributed by atoms with Crippen molar-refractivity contribution in [2.75, 3.05) is 5.32 Å². The van der Waals surface area contributed by atoms with Gasteiger partial charge in [-0.05, 0) is 28.4 Å². The SMILES string of the molecule is C[C@@H](OC(=O)Nc1ncsc1Br)c1ccccc1. The summed E-state index contributed by atoms with van der Waals surface area (Å²) >= 11 is 4.69. The van der Waals surface area contributed by atoms with Gasteiger partial charge in [0.25, 0.3) is 0 Å². The van der Waals surface area contributed by atoms with Crippen molar-refractivity contribution in [3.05, 3.63) is 45.2 Å². The Morgan fingerprint density at radius 1 is 1.44 bits per heavy atom. The summed E-state index contributed by atoms with van der Waals surface area (Å²) in [6.07, 6.45) is -0.818. The number of nitrogens with one attached hydrogen (secondary N) is 1. The van der Waals surface area contributed by atoms with E-state index in [1.165, 1.54) is 11.3 Å². The Balaban J connectivity index is 1.94. The third-order valence-corrected chi connectivity index (χ3v) is 3.84. The Kier molecular flexibility index (Phi) is 4.33. The number of hydrogen-bond donors (Lipinski definition) is 1. The number of carbonyl (C=O) groups excluding carboxylic acids is 1. The molecule has 1 heterocycles. The number of carbonyl (C=O) groups is 1. The molecule has 1 atom stereocenters. The summed E-state index contributed by atoms with van der Waals surface area (Å²) in [6.45, 7) is 1.82. The number of ether oxygens (including phenoxy) is 1. The fourth-order valence-corrected chi connectivity index (χ4v) is 2.31. The lowest BCUT2D eigenvalue weighted by molar-refractivity contribution is 0.121. The first-order valence-electron chi connectivity index (χ1n) is 5.28. The summed E-state index contributed by atoms with van der Waals surface area (Å²) in [6, 6.07) is 9.56. The van der Waals surface area contributed by atoms with Gasteiger partial charge in [-0.25, -0.2) is 9.78 Å². The van der Waals surface area contributed by atoms with Crippen LogP contribution in [0.3, 0.4) is 0 Å². The largest absolute Gasteiger partial charge is 0.441 e. The summed E-state index contributed by atoms with van der Waals surface area (Å²) in [5.74, 6) is 0.477. The molecule has 1 aromatic heterocycles. The van der Waals surface area contributed by atoms with Crippen molar-refractivity contribution in [2.24, 2.45) is 0 Å². The summed E-state index contributed by atoms with van der Waals surface area (Å²) in [5, 5.41) is 2.58. The highest BCUT2D eigenvalue weighted by Gasteiger charge is 2.13. The number of rotatable bonds is 3. The van der Waals surface area contributed by atoms with Crippen LogP contribution < -0.4 is 5.32 Å². The second-order valence-corrected chi connectivity index (χ2v) is 5.73. The van der Waals surface area contributed by atoms with Crippen LogP contribution in [-0.2, 0) is 4.74 Å². The van der Waals surface area contributed by atoms with Crippen molar-refractivity contribution in [1.82, 2.24) is 4.98 Å². The van der Waals surface area contributed by atoms with Gasteiger partial charge in [-0.2, -0.15) is 0 Å². The standard InChI is InChI=1S/C12H11BrN2O2S/c1-8(9-5-3-2-4-6-9)17-12(16)15-11-10(13)18-7-14-11/h2-8H,1H3,(H,15,16)/t8-/m1/s1. The molecule has 1 aromatic carbocycles. The fraction of sp³-hybridized carbons (Fsp3) is 0.167. The van der Waals surface area contributed by atoms with Gasteiger partial charge in [-0.3, -0.25) is 5.32 Å². The zero-order valence-electron chi connectivity index (χ0n) is 9.59.